The number of fused-ring (bicyclic) bond motifs is 1. The van der Waals surface area contributed by atoms with E-state index in [-0.39, 0.29) is 17.5 Å². The number of amides is 1. The van der Waals surface area contributed by atoms with E-state index in [1.54, 1.807) is 28.4 Å². The van der Waals surface area contributed by atoms with Gasteiger partial charge >= 0.3 is 0 Å². The molecule has 0 saturated carbocycles. The van der Waals surface area contributed by atoms with E-state index >= 15 is 0 Å². The molecule has 1 aromatic heterocycles. The number of aromatic nitrogens is 1. The Morgan fingerprint density at radius 3 is 2.65 bits per heavy atom. The fraction of sp³-hybridized carbons (Fsp3) is 0.391. The molecule has 1 fully saturated rings. The fourth-order valence-corrected chi connectivity index (χ4v) is 5.29. The molecule has 1 aliphatic heterocycles. The quantitative estimate of drug-likeness (QED) is 0.487. The molecule has 0 N–H and O–H groups in total. The van der Waals surface area contributed by atoms with Crippen molar-refractivity contribution in [1.82, 2.24) is 9.88 Å². The summed E-state index contributed by atoms with van der Waals surface area (Å²) in [7, 11) is 0. The summed E-state index contributed by atoms with van der Waals surface area (Å²) in [6.45, 7) is 8.76. The van der Waals surface area contributed by atoms with Crippen LogP contribution in [0.3, 0.4) is 0 Å². The van der Waals surface area contributed by atoms with Crippen LogP contribution < -0.4 is 4.90 Å². The molecule has 8 heteroatoms. The zero-order valence-corrected chi connectivity index (χ0v) is 19.4. The first kappa shape index (κ1) is 22.2. The molecule has 3 aromatic rings. The topological polar surface area (TPSA) is 45.7 Å². The third-order valence-corrected chi connectivity index (χ3v) is 7.48. The number of morpholine rings is 1. The predicted octanol–water partition coefficient (Wildman–Crippen LogP) is 4.51. The maximum absolute atomic E-state index is 13.2. The molecule has 2 aromatic carbocycles. The van der Waals surface area contributed by atoms with Crippen LogP contribution in [-0.2, 0) is 9.53 Å². The van der Waals surface area contributed by atoms with Gasteiger partial charge in [0.05, 0.1) is 29.2 Å². The molecule has 31 heavy (non-hydrogen) atoms. The van der Waals surface area contributed by atoms with Crippen molar-refractivity contribution in [2.75, 3.05) is 50.0 Å². The van der Waals surface area contributed by atoms with Gasteiger partial charge < -0.3 is 4.74 Å². The number of anilines is 1. The number of nitrogens with zero attached hydrogens (tertiary/aromatic N) is 3. The van der Waals surface area contributed by atoms with E-state index in [0.717, 1.165) is 53.1 Å². The summed E-state index contributed by atoms with van der Waals surface area (Å²) in [4.78, 5) is 23.0. The number of rotatable bonds is 7. The Labute approximate surface area is 190 Å². The monoisotopic (exact) mass is 459 g/mol. The van der Waals surface area contributed by atoms with Gasteiger partial charge in [-0.3, -0.25) is 14.6 Å². The minimum atomic E-state index is -0.275. The zero-order valence-electron chi connectivity index (χ0n) is 17.8. The van der Waals surface area contributed by atoms with E-state index in [1.807, 2.05) is 0 Å². The van der Waals surface area contributed by atoms with Crippen LogP contribution in [0.2, 0.25) is 0 Å². The summed E-state index contributed by atoms with van der Waals surface area (Å²) in [5.41, 5.74) is 3.35. The van der Waals surface area contributed by atoms with Crippen LogP contribution in [0.15, 0.2) is 41.3 Å². The first-order valence-corrected chi connectivity index (χ1v) is 12.2. The predicted molar refractivity (Wildman–Crippen MR) is 126 cm³/mol. The number of halogens is 1. The summed E-state index contributed by atoms with van der Waals surface area (Å²) in [6, 6.07) is 10.5. The number of hydrogen-bond acceptors (Lipinski definition) is 6. The summed E-state index contributed by atoms with van der Waals surface area (Å²) >= 11 is 2.98. The molecule has 0 radical (unpaired) electrons. The number of benzene rings is 2. The second-order valence-corrected chi connectivity index (χ2v) is 9.70. The third-order valence-electron chi connectivity index (χ3n) is 5.44. The number of carbonyl (C=O) groups is 1. The summed E-state index contributed by atoms with van der Waals surface area (Å²) in [6.07, 6.45) is 0. The molecule has 4 rings (SSSR count). The van der Waals surface area contributed by atoms with Crippen LogP contribution >= 0.6 is 23.1 Å². The summed E-state index contributed by atoms with van der Waals surface area (Å²) in [5.74, 6) is 0.0147. The Morgan fingerprint density at radius 2 is 1.90 bits per heavy atom. The van der Waals surface area contributed by atoms with Crippen molar-refractivity contribution < 1.29 is 13.9 Å². The fourth-order valence-electron chi connectivity index (χ4n) is 3.43. The van der Waals surface area contributed by atoms with Crippen molar-refractivity contribution in [3.63, 3.8) is 0 Å². The molecule has 0 bridgehead atoms. The van der Waals surface area contributed by atoms with Crippen molar-refractivity contribution in [3.8, 4) is 0 Å². The van der Waals surface area contributed by atoms with Crippen molar-refractivity contribution in [2.24, 2.45) is 0 Å². The van der Waals surface area contributed by atoms with E-state index in [0.29, 0.717) is 6.54 Å². The van der Waals surface area contributed by atoms with Crippen LogP contribution in [-0.4, -0.2) is 60.9 Å². The third kappa shape index (κ3) is 5.63. The van der Waals surface area contributed by atoms with Crippen molar-refractivity contribution in [3.05, 3.63) is 53.3 Å². The lowest BCUT2D eigenvalue weighted by molar-refractivity contribution is -0.116. The molecule has 2 heterocycles. The largest absolute Gasteiger partial charge is 0.379 e. The number of thiazole rings is 1. The minimum Gasteiger partial charge on any atom is -0.379 e. The maximum atomic E-state index is 13.2. The molecule has 5 nitrogen and oxygen atoms in total. The highest BCUT2D eigenvalue weighted by Crippen LogP contribution is 2.31. The SMILES string of the molecule is Cc1cc2nc(N(CCN3CCOCC3)C(=O)CSc3ccc(F)cc3)sc2cc1C. The number of thioether (sulfide) groups is 1. The highest BCUT2D eigenvalue weighted by molar-refractivity contribution is 8.00. The Morgan fingerprint density at radius 1 is 1.19 bits per heavy atom. The van der Waals surface area contributed by atoms with Gasteiger partial charge in [-0.25, -0.2) is 9.37 Å². The van der Waals surface area contributed by atoms with Crippen LogP contribution in [0.4, 0.5) is 9.52 Å². The Bertz CT molecular complexity index is 1010. The molecule has 1 aliphatic rings. The molecular weight excluding hydrogens is 433 g/mol. The van der Waals surface area contributed by atoms with E-state index in [2.05, 4.69) is 30.9 Å². The zero-order chi connectivity index (χ0) is 21.8. The Hall–Kier alpha value is -2.00. The molecular formula is C23H26FN3O2S2. The summed E-state index contributed by atoms with van der Waals surface area (Å²) < 4.78 is 19.7. The maximum Gasteiger partial charge on any atom is 0.239 e. The van der Waals surface area contributed by atoms with Crippen LogP contribution in [0, 0.1) is 19.7 Å². The second-order valence-electron chi connectivity index (χ2n) is 7.64. The van der Waals surface area contributed by atoms with Gasteiger partial charge in [0.2, 0.25) is 5.91 Å². The number of carbonyl (C=O) groups excluding carboxylic acids is 1. The summed E-state index contributed by atoms with van der Waals surface area (Å²) in [5, 5.41) is 0.734. The lowest BCUT2D eigenvalue weighted by Gasteiger charge is -2.29. The van der Waals surface area contributed by atoms with E-state index in [1.165, 1.54) is 35.0 Å². The van der Waals surface area contributed by atoms with Gasteiger partial charge in [-0.1, -0.05) is 11.3 Å². The van der Waals surface area contributed by atoms with Crippen LogP contribution in [0.25, 0.3) is 10.2 Å². The Balaban J connectivity index is 1.52. The van der Waals surface area contributed by atoms with Gasteiger partial charge in [0, 0.05) is 31.1 Å². The van der Waals surface area contributed by atoms with Gasteiger partial charge in [-0.2, -0.15) is 0 Å². The number of ether oxygens (including phenoxy) is 1. The van der Waals surface area contributed by atoms with Crippen LogP contribution in [0.5, 0.6) is 0 Å². The molecule has 0 atom stereocenters. The molecule has 1 amide bonds. The normalized spacial score (nSPS) is 14.8. The molecule has 0 aliphatic carbocycles. The first-order valence-electron chi connectivity index (χ1n) is 10.4. The molecule has 0 unspecified atom stereocenters. The molecule has 164 valence electrons. The van der Waals surface area contributed by atoms with E-state index in [4.69, 9.17) is 9.72 Å². The van der Waals surface area contributed by atoms with Crippen molar-refractivity contribution in [1.29, 1.82) is 0 Å². The van der Waals surface area contributed by atoms with Crippen molar-refractivity contribution >= 4 is 44.4 Å². The highest BCUT2D eigenvalue weighted by atomic mass is 32.2. The van der Waals surface area contributed by atoms with Gasteiger partial charge in [0.15, 0.2) is 5.13 Å². The average Bonchev–Trinajstić information content (AvgIpc) is 3.16. The van der Waals surface area contributed by atoms with E-state index < -0.39 is 0 Å². The van der Waals surface area contributed by atoms with Crippen LogP contribution in [0.1, 0.15) is 11.1 Å². The standard InChI is InChI=1S/C23H26FN3O2S2/c1-16-13-20-21(14-17(16)2)31-23(25-20)27(8-7-26-9-11-29-12-10-26)22(28)15-30-19-5-3-18(24)4-6-19/h3-6,13-14H,7-12,15H2,1-2H3. The van der Waals surface area contributed by atoms with Gasteiger partial charge in [-0.15, -0.1) is 11.8 Å². The average molecular weight is 460 g/mol. The second kappa shape index (κ2) is 10.1. The minimum absolute atomic E-state index is 0.00934. The lowest BCUT2D eigenvalue weighted by Crippen LogP contribution is -2.43. The number of aryl methyl sites for hydroxylation is 2. The first-order chi connectivity index (χ1) is 15.0. The smallest absolute Gasteiger partial charge is 0.239 e. The van der Waals surface area contributed by atoms with Gasteiger partial charge in [0.25, 0.3) is 0 Å². The Kier molecular flexibility index (Phi) is 7.22. The van der Waals surface area contributed by atoms with E-state index in [9.17, 15) is 9.18 Å². The number of hydrogen-bond donors (Lipinski definition) is 0. The lowest BCUT2D eigenvalue weighted by atomic mass is 10.1. The molecule has 0 spiro atoms. The van der Waals surface area contributed by atoms with Gasteiger partial charge in [0.1, 0.15) is 5.82 Å². The molecule has 1 saturated heterocycles. The highest BCUT2D eigenvalue weighted by Gasteiger charge is 2.22. The van der Waals surface area contributed by atoms with Gasteiger partial charge in [-0.05, 0) is 61.4 Å². The van der Waals surface area contributed by atoms with Crippen molar-refractivity contribution in [2.45, 2.75) is 18.7 Å².